The molecule has 1 aliphatic rings. The van der Waals surface area contributed by atoms with E-state index in [2.05, 4.69) is 15.2 Å². The van der Waals surface area contributed by atoms with Crippen LogP contribution in [-0.4, -0.2) is 43.8 Å². The summed E-state index contributed by atoms with van der Waals surface area (Å²) in [6.45, 7) is 3.44. The van der Waals surface area contributed by atoms with Crippen molar-refractivity contribution in [1.82, 2.24) is 24.8 Å². The van der Waals surface area contributed by atoms with Crippen molar-refractivity contribution in [3.8, 4) is 0 Å². The molecule has 0 aliphatic carbocycles. The summed E-state index contributed by atoms with van der Waals surface area (Å²) in [6.07, 6.45) is 4.32. The molecule has 1 saturated heterocycles. The van der Waals surface area contributed by atoms with Crippen molar-refractivity contribution in [3.63, 3.8) is 0 Å². The van der Waals surface area contributed by atoms with Crippen LogP contribution in [0.2, 0.25) is 0 Å². The van der Waals surface area contributed by atoms with E-state index in [1.54, 1.807) is 30.1 Å². The third-order valence-electron chi connectivity index (χ3n) is 3.29. The Morgan fingerprint density at radius 2 is 2.47 bits per heavy atom. The highest BCUT2D eigenvalue weighted by Gasteiger charge is 2.30. The molecule has 1 aliphatic heterocycles. The molecule has 1 fully saturated rings. The van der Waals surface area contributed by atoms with E-state index in [0.29, 0.717) is 18.3 Å². The lowest BCUT2D eigenvalue weighted by Gasteiger charge is -2.15. The van der Waals surface area contributed by atoms with E-state index in [0.717, 1.165) is 13.0 Å². The van der Waals surface area contributed by atoms with Crippen molar-refractivity contribution in [2.24, 2.45) is 0 Å². The fourth-order valence-corrected chi connectivity index (χ4v) is 2.30. The number of carbonyl (C=O) groups is 1. The van der Waals surface area contributed by atoms with Crippen molar-refractivity contribution in [2.45, 2.75) is 25.8 Å². The van der Waals surface area contributed by atoms with Crippen LogP contribution in [0.5, 0.6) is 0 Å². The van der Waals surface area contributed by atoms with E-state index in [9.17, 15) is 4.79 Å². The number of hydrogen-bond acceptors (Lipinski definition) is 5. The Morgan fingerprint density at radius 1 is 1.58 bits per heavy atom. The van der Waals surface area contributed by atoms with Crippen molar-refractivity contribution in [1.29, 1.82) is 0 Å². The highest BCUT2D eigenvalue weighted by atomic mass is 16.5. The number of aryl methyl sites for hydroxylation is 1. The molecular formula is C12H15N5O2. The molecule has 1 atom stereocenters. The second kappa shape index (κ2) is 4.83. The largest absolute Gasteiger partial charge is 0.340 e. The SMILES string of the molecule is Cc1noc(C2CCN(C(=O)Cn3cccn3)C2)n1. The van der Waals surface area contributed by atoms with E-state index in [1.807, 2.05) is 4.90 Å². The second-order valence-electron chi connectivity index (χ2n) is 4.71. The molecule has 2 aromatic rings. The van der Waals surface area contributed by atoms with Gasteiger partial charge in [0.25, 0.3) is 0 Å². The van der Waals surface area contributed by atoms with Gasteiger partial charge in [0, 0.05) is 25.5 Å². The van der Waals surface area contributed by atoms with Crippen LogP contribution >= 0.6 is 0 Å². The molecule has 2 aromatic heterocycles. The zero-order valence-electron chi connectivity index (χ0n) is 10.7. The number of aromatic nitrogens is 4. The molecule has 7 heteroatoms. The summed E-state index contributed by atoms with van der Waals surface area (Å²) in [5.41, 5.74) is 0. The normalized spacial score (nSPS) is 19.0. The van der Waals surface area contributed by atoms with Crippen LogP contribution in [-0.2, 0) is 11.3 Å². The molecule has 19 heavy (non-hydrogen) atoms. The van der Waals surface area contributed by atoms with Crippen LogP contribution in [0.3, 0.4) is 0 Å². The smallest absolute Gasteiger partial charge is 0.244 e. The van der Waals surface area contributed by atoms with Gasteiger partial charge in [0.2, 0.25) is 11.8 Å². The summed E-state index contributed by atoms with van der Waals surface area (Å²) in [4.78, 5) is 18.1. The molecule has 0 radical (unpaired) electrons. The van der Waals surface area contributed by atoms with E-state index >= 15 is 0 Å². The summed E-state index contributed by atoms with van der Waals surface area (Å²) >= 11 is 0. The quantitative estimate of drug-likeness (QED) is 0.808. The standard InChI is InChI=1S/C12H15N5O2/c1-9-14-12(19-15-9)10-3-6-16(7-10)11(18)8-17-5-2-4-13-17/h2,4-5,10H,3,6-8H2,1H3. The van der Waals surface area contributed by atoms with Crippen molar-refractivity contribution in [2.75, 3.05) is 13.1 Å². The molecule has 0 bridgehead atoms. The number of likely N-dealkylation sites (tertiary alicyclic amines) is 1. The molecule has 0 saturated carbocycles. The Balaban J connectivity index is 1.61. The predicted octanol–water partition coefficient (Wildman–Crippen LogP) is 0.591. The molecule has 0 aromatic carbocycles. The monoisotopic (exact) mass is 261 g/mol. The fraction of sp³-hybridized carbons (Fsp3) is 0.500. The molecule has 1 amide bonds. The fourth-order valence-electron chi connectivity index (χ4n) is 2.30. The van der Waals surface area contributed by atoms with Gasteiger partial charge in [0.1, 0.15) is 6.54 Å². The van der Waals surface area contributed by atoms with Crippen LogP contribution < -0.4 is 0 Å². The lowest BCUT2D eigenvalue weighted by atomic mass is 10.1. The van der Waals surface area contributed by atoms with E-state index in [1.165, 1.54) is 0 Å². The van der Waals surface area contributed by atoms with Gasteiger partial charge in [-0.2, -0.15) is 10.1 Å². The first kappa shape index (κ1) is 11.9. The first-order valence-corrected chi connectivity index (χ1v) is 6.28. The van der Waals surface area contributed by atoms with Gasteiger partial charge in [-0.1, -0.05) is 5.16 Å². The van der Waals surface area contributed by atoms with Gasteiger partial charge in [0.05, 0.1) is 5.92 Å². The maximum atomic E-state index is 12.1. The molecule has 0 spiro atoms. The Hall–Kier alpha value is -2.18. The third kappa shape index (κ3) is 2.49. The summed E-state index contributed by atoms with van der Waals surface area (Å²) < 4.78 is 6.80. The summed E-state index contributed by atoms with van der Waals surface area (Å²) in [6, 6.07) is 1.81. The zero-order valence-corrected chi connectivity index (χ0v) is 10.7. The Labute approximate surface area is 110 Å². The van der Waals surface area contributed by atoms with Crippen molar-refractivity contribution in [3.05, 3.63) is 30.2 Å². The first-order chi connectivity index (χ1) is 9.22. The Kier molecular flexibility index (Phi) is 3.02. The Bertz CT molecular complexity index is 562. The van der Waals surface area contributed by atoms with Crippen LogP contribution in [0.4, 0.5) is 0 Å². The lowest BCUT2D eigenvalue weighted by Crippen LogP contribution is -2.31. The van der Waals surface area contributed by atoms with Gasteiger partial charge >= 0.3 is 0 Å². The highest BCUT2D eigenvalue weighted by molar-refractivity contribution is 5.76. The minimum atomic E-state index is 0.0717. The van der Waals surface area contributed by atoms with Gasteiger partial charge in [0.15, 0.2) is 5.82 Å². The molecular weight excluding hydrogens is 246 g/mol. The minimum absolute atomic E-state index is 0.0717. The molecule has 7 nitrogen and oxygen atoms in total. The summed E-state index contributed by atoms with van der Waals surface area (Å²) in [5.74, 6) is 1.49. The average molecular weight is 261 g/mol. The van der Waals surface area contributed by atoms with Gasteiger partial charge < -0.3 is 9.42 Å². The minimum Gasteiger partial charge on any atom is -0.340 e. The topological polar surface area (TPSA) is 77.0 Å². The van der Waals surface area contributed by atoms with Gasteiger partial charge in [-0.15, -0.1) is 0 Å². The molecule has 3 rings (SSSR count). The first-order valence-electron chi connectivity index (χ1n) is 6.28. The van der Waals surface area contributed by atoms with Gasteiger partial charge in [-0.25, -0.2) is 0 Å². The van der Waals surface area contributed by atoms with Crippen molar-refractivity contribution >= 4 is 5.91 Å². The number of rotatable bonds is 3. The molecule has 3 heterocycles. The second-order valence-corrected chi connectivity index (χ2v) is 4.71. The number of nitrogens with zero attached hydrogens (tertiary/aromatic N) is 5. The predicted molar refractivity (Wildman–Crippen MR) is 65.2 cm³/mol. The van der Waals surface area contributed by atoms with E-state index < -0.39 is 0 Å². The zero-order chi connectivity index (χ0) is 13.2. The van der Waals surface area contributed by atoms with Gasteiger partial charge in [-0.3, -0.25) is 9.48 Å². The van der Waals surface area contributed by atoms with E-state index in [-0.39, 0.29) is 18.4 Å². The molecule has 100 valence electrons. The van der Waals surface area contributed by atoms with Crippen LogP contribution in [0, 0.1) is 6.92 Å². The van der Waals surface area contributed by atoms with Crippen LogP contribution in [0.15, 0.2) is 23.0 Å². The number of amides is 1. The molecule has 1 unspecified atom stereocenters. The number of carbonyl (C=O) groups excluding carboxylic acids is 1. The lowest BCUT2D eigenvalue weighted by molar-refractivity contribution is -0.131. The Morgan fingerprint density at radius 3 is 3.16 bits per heavy atom. The average Bonchev–Trinajstić information content (AvgIpc) is 3.07. The maximum Gasteiger partial charge on any atom is 0.244 e. The van der Waals surface area contributed by atoms with Crippen LogP contribution in [0.25, 0.3) is 0 Å². The van der Waals surface area contributed by atoms with E-state index in [4.69, 9.17) is 4.52 Å². The summed E-state index contributed by atoms with van der Waals surface area (Å²) in [7, 11) is 0. The van der Waals surface area contributed by atoms with Crippen molar-refractivity contribution < 1.29 is 9.32 Å². The van der Waals surface area contributed by atoms with Crippen LogP contribution in [0.1, 0.15) is 24.1 Å². The van der Waals surface area contributed by atoms with Gasteiger partial charge in [-0.05, 0) is 19.4 Å². The maximum absolute atomic E-state index is 12.1. The number of hydrogen-bond donors (Lipinski definition) is 0. The summed E-state index contributed by atoms with van der Waals surface area (Å²) in [5, 5.41) is 7.82. The highest BCUT2D eigenvalue weighted by Crippen LogP contribution is 2.25. The third-order valence-corrected chi connectivity index (χ3v) is 3.29. The molecule has 0 N–H and O–H groups in total.